The van der Waals surface area contributed by atoms with E-state index in [1.54, 1.807) is 19.5 Å². The zero-order chi connectivity index (χ0) is 37.9. The fraction of sp³-hybridized carbons (Fsp3) is 0.462. The average molecular weight is 769 g/mol. The van der Waals surface area contributed by atoms with Crippen molar-refractivity contribution >= 4 is 17.5 Å². The lowest BCUT2D eigenvalue weighted by atomic mass is 9.77. The number of amides is 1. The summed E-state index contributed by atoms with van der Waals surface area (Å²) < 4.78 is 66.9. The Balaban J connectivity index is 1.19. The molecule has 0 bridgehead atoms. The first-order chi connectivity index (χ1) is 26.1. The maximum atomic E-state index is 14.6. The summed E-state index contributed by atoms with van der Waals surface area (Å²) in [4.78, 5) is 20.2. The van der Waals surface area contributed by atoms with E-state index in [1.807, 2.05) is 36.4 Å². The molecule has 54 heavy (non-hydrogen) atoms. The summed E-state index contributed by atoms with van der Waals surface area (Å²) in [5.41, 5.74) is 2.24. The van der Waals surface area contributed by atoms with Crippen LogP contribution < -0.4 is 30.7 Å². The normalized spacial score (nSPS) is 23.1. The lowest BCUT2D eigenvalue weighted by molar-refractivity contribution is -0.139. The minimum absolute atomic E-state index is 0.0508. The number of rotatable bonds is 13. The third-order valence-corrected chi connectivity index (χ3v) is 11.0. The zero-order valence-corrected chi connectivity index (χ0v) is 30.9. The Labute approximate surface area is 317 Å². The maximum Gasteiger partial charge on any atom is 0.421 e. The molecule has 4 N–H and O–H groups in total. The lowest BCUT2D eigenvalue weighted by Crippen LogP contribution is -2.47. The number of hydrogen-bond donors (Lipinski definition) is 4. The molecule has 1 amide bonds. The molecule has 0 radical (unpaired) electrons. The Morgan fingerprint density at radius 2 is 1.81 bits per heavy atom. The van der Waals surface area contributed by atoms with E-state index < -0.39 is 29.3 Å². The third-order valence-electron chi connectivity index (χ3n) is 10.6. The van der Waals surface area contributed by atoms with E-state index in [0.717, 1.165) is 53.2 Å². The number of ether oxygens (including phenoxy) is 4. The van der Waals surface area contributed by atoms with Gasteiger partial charge in [-0.25, -0.2) is 0 Å². The molecule has 0 spiro atoms. The molecule has 11 nitrogen and oxygen atoms in total. The van der Waals surface area contributed by atoms with E-state index in [2.05, 4.69) is 31.2 Å². The van der Waals surface area contributed by atoms with Crippen LogP contribution in [0.4, 0.5) is 13.2 Å². The molecule has 5 heterocycles. The van der Waals surface area contributed by atoms with Crippen molar-refractivity contribution in [2.45, 2.75) is 75.0 Å². The zero-order valence-electron chi connectivity index (χ0n) is 30.2. The summed E-state index contributed by atoms with van der Waals surface area (Å²) in [5.74, 6) is 0.0884. The van der Waals surface area contributed by atoms with E-state index in [0.29, 0.717) is 62.0 Å². The fourth-order valence-electron chi connectivity index (χ4n) is 7.82. The van der Waals surface area contributed by atoms with Gasteiger partial charge in [0.1, 0.15) is 17.2 Å². The van der Waals surface area contributed by atoms with Crippen LogP contribution in [0.15, 0.2) is 71.4 Å². The van der Waals surface area contributed by atoms with E-state index >= 15 is 0 Å². The first kappa shape index (κ1) is 37.9. The van der Waals surface area contributed by atoms with Crippen molar-refractivity contribution < 1.29 is 36.9 Å². The Morgan fingerprint density at radius 3 is 2.52 bits per heavy atom. The molecule has 3 atom stereocenters. The highest BCUT2D eigenvalue weighted by atomic mass is 35.5. The molecule has 1 unspecified atom stereocenters. The highest BCUT2D eigenvalue weighted by Gasteiger charge is 2.45. The first-order valence-corrected chi connectivity index (χ1v) is 18.6. The van der Waals surface area contributed by atoms with Gasteiger partial charge in [-0.15, -0.1) is 0 Å². The fourth-order valence-corrected chi connectivity index (χ4v) is 8.21. The second-order valence-electron chi connectivity index (χ2n) is 13.9. The number of benzene rings is 1. The van der Waals surface area contributed by atoms with Crippen LogP contribution in [0.2, 0.25) is 0 Å². The van der Waals surface area contributed by atoms with Crippen LogP contribution >= 0.6 is 11.6 Å². The first-order valence-electron chi connectivity index (χ1n) is 18.2. The lowest BCUT2D eigenvalue weighted by Gasteiger charge is -2.41. The van der Waals surface area contributed by atoms with Crippen LogP contribution in [0.3, 0.4) is 0 Å². The number of carbonyl (C=O) groups excluding carboxylic acids is 1. The van der Waals surface area contributed by atoms with Crippen LogP contribution in [0.1, 0.15) is 71.6 Å². The maximum absolute atomic E-state index is 14.6. The molecule has 0 saturated carbocycles. The summed E-state index contributed by atoms with van der Waals surface area (Å²) in [5, 5.41) is 13.8. The monoisotopic (exact) mass is 768 g/mol. The summed E-state index contributed by atoms with van der Waals surface area (Å²) >= 11 is 7.33. The Bertz CT molecular complexity index is 1910. The highest BCUT2D eigenvalue weighted by Crippen LogP contribution is 2.49. The van der Waals surface area contributed by atoms with Gasteiger partial charge in [-0.05, 0) is 78.6 Å². The number of halogens is 4. The molecule has 7 rings (SSSR count). The quantitative estimate of drug-likeness (QED) is 0.176. The Morgan fingerprint density at radius 1 is 1.02 bits per heavy atom. The molecule has 1 aromatic carbocycles. The van der Waals surface area contributed by atoms with Gasteiger partial charge in [-0.3, -0.25) is 9.78 Å². The molecule has 2 fully saturated rings. The number of hydrogen-bond acceptors (Lipinski definition) is 10. The number of methoxy groups -OCH3 is 2. The number of carbonyl (C=O) groups is 1. The summed E-state index contributed by atoms with van der Waals surface area (Å²) in [6.45, 7) is 2.38. The van der Waals surface area contributed by atoms with Crippen molar-refractivity contribution in [1.82, 2.24) is 31.2 Å². The van der Waals surface area contributed by atoms with Gasteiger partial charge in [0.05, 0.1) is 19.3 Å². The van der Waals surface area contributed by atoms with Crippen molar-refractivity contribution in [3.8, 4) is 11.8 Å². The summed E-state index contributed by atoms with van der Waals surface area (Å²) in [6.07, 6.45) is 3.55. The molecule has 2 saturated heterocycles. The highest BCUT2D eigenvalue weighted by molar-refractivity contribution is 6.31. The number of alkyl halides is 3. The van der Waals surface area contributed by atoms with E-state index in [9.17, 15) is 18.0 Å². The molecule has 1 aliphatic carbocycles. The number of fused-ring (bicyclic) bond motifs is 1. The summed E-state index contributed by atoms with van der Waals surface area (Å²) in [7, 11) is 2.97. The van der Waals surface area contributed by atoms with E-state index in [4.69, 9.17) is 30.5 Å². The van der Waals surface area contributed by atoms with Crippen LogP contribution in [0, 0.1) is 0 Å². The van der Waals surface area contributed by atoms with Gasteiger partial charge in [0.15, 0.2) is 5.88 Å². The Kier molecular flexibility index (Phi) is 11.3. The number of nitrogens with zero attached hydrogens (tertiary/aromatic N) is 2. The number of aromatic nitrogens is 2. The van der Waals surface area contributed by atoms with Gasteiger partial charge in [0.2, 0.25) is 17.7 Å². The molecule has 4 aliphatic rings. The smallest absolute Gasteiger partial charge is 0.421 e. The van der Waals surface area contributed by atoms with Gasteiger partial charge in [0.25, 0.3) is 0 Å². The van der Waals surface area contributed by atoms with Gasteiger partial charge >= 0.3 is 6.18 Å². The van der Waals surface area contributed by atoms with Crippen LogP contribution in [-0.2, 0) is 38.9 Å². The van der Waals surface area contributed by atoms with Crippen LogP contribution in [0.5, 0.6) is 11.8 Å². The minimum atomic E-state index is -4.72. The molecule has 2 aromatic heterocycles. The largest absolute Gasteiger partial charge is 0.482 e. The molecule has 15 heteroatoms. The summed E-state index contributed by atoms with van der Waals surface area (Å²) in [6, 6.07) is 10.7. The van der Waals surface area contributed by atoms with Crippen LogP contribution in [-0.4, -0.2) is 68.5 Å². The minimum Gasteiger partial charge on any atom is -0.482 e. The molecule has 288 valence electrons. The van der Waals surface area contributed by atoms with Gasteiger partial charge in [0, 0.05) is 74.9 Å². The molecule has 3 aromatic rings. The number of nitrogens with one attached hydrogen (secondary N) is 4. The topological polar surface area (TPSA) is 128 Å². The second kappa shape index (κ2) is 16.2. The standard InChI is InChI=1S/C39H44ClF3N6O5/c1-51-35-23(21-46-26-12-16-53-17-13-26)18-31(39(41,42)43)37(48-35)54-32-8-7-28-29(32)4-3-5-30(28)38(25-10-14-44-15-11-25)33(40)19-24(36(49-38)52-2)20-45-22-27-6-9-34(50)47-27/h3-5,10-11,14-15,18-19,26-27,32,45-46,49H,6-9,12-13,16-17,20-22H2,1-2H3,(H,47,50)/t27-,32+,38?/m1/s1. The second-order valence-corrected chi connectivity index (χ2v) is 14.3. The SMILES string of the molecule is COC1=C(CNC[C@H]2CCC(=O)N2)C=C(Cl)C(c2ccncc2)(c2cccc3c2CC[C@@H]3Oc2nc(OC)c(CNC3CCOCC3)cc2C(F)(F)F)N1. The predicted molar refractivity (Wildman–Crippen MR) is 195 cm³/mol. The van der Waals surface area contributed by atoms with Gasteiger partial charge in [-0.2, -0.15) is 18.2 Å². The Hall–Kier alpha value is -4.37. The number of dihydropyridines is 1. The van der Waals surface area contributed by atoms with E-state index in [-0.39, 0.29) is 30.4 Å². The van der Waals surface area contributed by atoms with Gasteiger partial charge < -0.3 is 40.2 Å². The van der Waals surface area contributed by atoms with Crippen LogP contribution in [0.25, 0.3) is 0 Å². The number of pyridine rings is 2. The molecule has 3 aliphatic heterocycles. The van der Waals surface area contributed by atoms with E-state index in [1.165, 1.54) is 7.11 Å². The van der Waals surface area contributed by atoms with Gasteiger partial charge in [-0.1, -0.05) is 29.8 Å². The van der Waals surface area contributed by atoms with Crippen molar-refractivity contribution in [2.75, 3.05) is 40.5 Å². The molecular weight excluding hydrogens is 725 g/mol. The predicted octanol–water partition coefficient (Wildman–Crippen LogP) is 5.53. The average Bonchev–Trinajstić information content (AvgIpc) is 3.79. The third kappa shape index (κ3) is 7.75. The van der Waals surface area contributed by atoms with Crippen molar-refractivity contribution in [1.29, 1.82) is 0 Å². The van der Waals surface area contributed by atoms with Crippen molar-refractivity contribution in [3.63, 3.8) is 0 Å². The van der Waals surface area contributed by atoms with Crippen molar-refractivity contribution in [3.05, 3.63) is 105 Å². The molecular formula is C39H44ClF3N6O5. The van der Waals surface area contributed by atoms with Crippen molar-refractivity contribution in [2.24, 2.45) is 0 Å².